The average molecular weight is 419 g/mol. The van der Waals surface area contributed by atoms with Gasteiger partial charge in [-0.3, -0.25) is 4.90 Å². The second-order valence-corrected chi connectivity index (χ2v) is 7.28. The average Bonchev–Trinajstić information content (AvgIpc) is 3.16. The predicted molar refractivity (Wildman–Crippen MR) is 102 cm³/mol. The Bertz CT molecular complexity index is 949. The minimum absolute atomic E-state index is 0.103. The largest absolute Gasteiger partial charge is 0.447 e. The predicted octanol–water partition coefficient (Wildman–Crippen LogP) is 4.29. The number of amides is 3. The molecule has 0 saturated carbocycles. The molecule has 0 radical (unpaired) electrons. The van der Waals surface area contributed by atoms with E-state index in [1.54, 1.807) is 4.90 Å². The monoisotopic (exact) mass is 419 g/mol. The summed E-state index contributed by atoms with van der Waals surface area (Å²) in [6.07, 6.45) is 0.661. The van der Waals surface area contributed by atoms with Gasteiger partial charge in [0.1, 0.15) is 6.61 Å². The van der Waals surface area contributed by atoms with Crippen molar-refractivity contribution in [3.8, 4) is 0 Å². The Labute approximate surface area is 171 Å². The van der Waals surface area contributed by atoms with E-state index in [0.717, 1.165) is 17.7 Å². The number of carbonyl (C=O) groups is 2. The van der Waals surface area contributed by atoms with Gasteiger partial charge in [-0.05, 0) is 30.5 Å². The van der Waals surface area contributed by atoms with Crippen LogP contribution in [-0.2, 0) is 4.74 Å². The number of ether oxygens (including phenoxy) is 1. The number of urea groups is 1. The Morgan fingerprint density at radius 2 is 1.70 bits per heavy atom. The molecule has 1 atom stereocenters. The molecule has 2 aromatic carbocycles. The first kappa shape index (κ1) is 20.1. The van der Waals surface area contributed by atoms with Crippen LogP contribution in [0, 0.1) is 17.5 Å². The number of likely N-dealkylation sites (tertiary alicyclic amines) is 1. The molecule has 2 heterocycles. The van der Waals surface area contributed by atoms with E-state index in [2.05, 4.69) is 5.32 Å². The van der Waals surface area contributed by atoms with Crippen molar-refractivity contribution in [2.24, 2.45) is 0 Å². The first-order chi connectivity index (χ1) is 14.5. The van der Waals surface area contributed by atoms with Gasteiger partial charge in [0.25, 0.3) is 0 Å². The number of benzene rings is 2. The van der Waals surface area contributed by atoms with E-state index in [0.29, 0.717) is 25.9 Å². The quantitative estimate of drug-likeness (QED) is 0.755. The molecule has 0 aliphatic carbocycles. The summed E-state index contributed by atoms with van der Waals surface area (Å²) in [5.74, 6) is -4.40. The van der Waals surface area contributed by atoms with Crippen molar-refractivity contribution in [3.05, 3.63) is 65.5 Å². The smallest absolute Gasteiger partial charge is 0.410 e. The lowest BCUT2D eigenvalue weighted by molar-refractivity contribution is 0.116. The zero-order valence-corrected chi connectivity index (χ0v) is 16.0. The standard InChI is InChI=1S/C21H20F3N3O3/c22-15-6-7-16(19(24)18(15)23)25-20(28)26-10-8-14(9-11-26)27-17(12-30-21(27)29)13-4-2-1-3-5-13/h1-7,14,17H,8-12H2,(H,25,28)/t17-/m0/s1. The Morgan fingerprint density at radius 1 is 1.00 bits per heavy atom. The number of nitrogens with zero attached hydrogens (tertiary/aromatic N) is 2. The minimum Gasteiger partial charge on any atom is -0.447 e. The highest BCUT2D eigenvalue weighted by Crippen LogP contribution is 2.33. The number of piperidine rings is 1. The third-order valence-corrected chi connectivity index (χ3v) is 5.52. The van der Waals surface area contributed by atoms with Crippen molar-refractivity contribution < 1.29 is 27.5 Å². The molecule has 2 aromatic rings. The first-order valence-electron chi connectivity index (χ1n) is 9.65. The van der Waals surface area contributed by atoms with Crippen LogP contribution in [0.4, 0.5) is 28.4 Å². The topological polar surface area (TPSA) is 61.9 Å². The van der Waals surface area contributed by atoms with Crippen LogP contribution in [0.3, 0.4) is 0 Å². The van der Waals surface area contributed by atoms with Crippen LogP contribution in [0.25, 0.3) is 0 Å². The molecule has 9 heteroatoms. The van der Waals surface area contributed by atoms with Gasteiger partial charge < -0.3 is 15.0 Å². The highest BCUT2D eigenvalue weighted by Gasteiger charge is 2.40. The number of hydrogen-bond donors (Lipinski definition) is 1. The SMILES string of the molecule is O=C(Nc1ccc(F)c(F)c1F)N1CCC(N2C(=O)OC[C@H]2c2ccccc2)CC1. The van der Waals surface area contributed by atoms with Gasteiger partial charge in [0.2, 0.25) is 0 Å². The Hall–Kier alpha value is -3.23. The van der Waals surface area contributed by atoms with Crippen LogP contribution in [0.1, 0.15) is 24.4 Å². The van der Waals surface area contributed by atoms with Crippen LogP contribution >= 0.6 is 0 Å². The van der Waals surface area contributed by atoms with Crippen LogP contribution < -0.4 is 5.32 Å². The fraction of sp³-hybridized carbons (Fsp3) is 0.333. The summed E-state index contributed by atoms with van der Waals surface area (Å²) in [4.78, 5) is 27.9. The molecular weight excluding hydrogens is 399 g/mol. The van der Waals surface area contributed by atoms with Crippen LogP contribution in [0.2, 0.25) is 0 Å². The molecule has 0 aromatic heterocycles. The summed E-state index contributed by atoms with van der Waals surface area (Å²) in [6.45, 7) is 0.930. The molecule has 0 spiro atoms. The second-order valence-electron chi connectivity index (χ2n) is 7.28. The highest BCUT2D eigenvalue weighted by atomic mass is 19.2. The van der Waals surface area contributed by atoms with Gasteiger partial charge in [0.05, 0.1) is 11.7 Å². The summed E-state index contributed by atoms with van der Waals surface area (Å²) in [7, 11) is 0. The van der Waals surface area contributed by atoms with Crippen LogP contribution in [-0.4, -0.2) is 47.7 Å². The third kappa shape index (κ3) is 3.79. The maximum Gasteiger partial charge on any atom is 0.410 e. The number of rotatable bonds is 3. The van der Waals surface area contributed by atoms with Crippen molar-refractivity contribution >= 4 is 17.8 Å². The van der Waals surface area contributed by atoms with Gasteiger partial charge >= 0.3 is 12.1 Å². The van der Waals surface area contributed by atoms with Crippen LogP contribution in [0.5, 0.6) is 0 Å². The van der Waals surface area contributed by atoms with Crippen molar-refractivity contribution in [2.45, 2.75) is 24.9 Å². The Balaban J connectivity index is 1.39. The van der Waals surface area contributed by atoms with Gasteiger partial charge in [0, 0.05) is 19.1 Å². The van der Waals surface area contributed by atoms with Crippen LogP contribution in [0.15, 0.2) is 42.5 Å². The number of hydrogen-bond acceptors (Lipinski definition) is 3. The lowest BCUT2D eigenvalue weighted by atomic mass is 9.99. The van der Waals surface area contributed by atoms with E-state index in [9.17, 15) is 22.8 Å². The number of nitrogens with one attached hydrogen (secondary N) is 1. The number of anilines is 1. The molecule has 6 nitrogen and oxygen atoms in total. The van der Waals surface area contributed by atoms with E-state index < -0.39 is 29.2 Å². The zero-order valence-electron chi connectivity index (χ0n) is 16.0. The molecule has 1 N–H and O–H groups in total. The summed E-state index contributed by atoms with van der Waals surface area (Å²) >= 11 is 0. The van der Waals surface area contributed by atoms with Gasteiger partial charge in [-0.25, -0.2) is 22.8 Å². The number of cyclic esters (lactones) is 1. The Morgan fingerprint density at radius 3 is 2.40 bits per heavy atom. The molecule has 4 rings (SSSR count). The van der Waals surface area contributed by atoms with Crippen molar-refractivity contribution in [1.82, 2.24) is 9.80 Å². The van der Waals surface area contributed by atoms with Crippen molar-refractivity contribution in [2.75, 3.05) is 25.0 Å². The summed E-state index contributed by atoms with van der Waals surface area (Å²) in [6, 6.07) is 10.4. The molecule has 2 aliphatic rings. The molecule has 2 fully saturated rings. The van der Waals surface area contributed by atoms with Crippen molar-refractivity contribution in [1.29, 1.82) is 0 Å². The van der Waals surface area contributed by atoms with E-state index in [1.807, 2.05) is 30.3 Å². The number of halogens is 3. The fourth-order valence-electron chi connectivity index (χ4n) is 3.93. The van der Waals surface area contributed by atoms with E-state index in [-0.39, 0.29) is 24.8 Å². The fourth-order valence-corrected chi connectivity index (χ4v) is 3.93. The number of carbonyl (C=O) groups excluding carboxylic acids is 2. The van der Waals surface area contributed by atoms with Gasteiger partial charge in [-0.1, -0.05) is 30.3 Å². The lowest BCUT2D eigenvalue weighted by Gasteiger charge is -2.37. The molecule has 30 heavy (non-hydrogen) atoms. The normalized spacial score (nSPS) is 19.7. The molecule has 0 unspecified atom stereocenters. The second kappa shape index (κ2) is 8.25. The third-order valence-electron chi connectivity index (χ3n) is 5.52. The molecule has 0 bridgehead atoms. The summed E-state index contributed by atoms with van der Waals surface area (Å²) in [5.41, 5.74) is 0.561. The minimum atomic E-state index is -1.63. The molecular formula is C21H20F3N3O3. The maximum absolute atomic E-state index is 13.8. The first-order valence-corrected chi connectivity index (χ1v) is 9.65. The summed E-state index contributed by atoms with van der Waals surface area (Å²) < 4.78 is 45.5. The van der Waals surface area contributed by atoms with Gasteiger partial charge in [0.15, 0.2) is 17.5 Å². The van der Waals surface area contributed by atoms with Gasteiger partial charge in [-0.15, -0.1) is 0 Å². The highest BCUT2D eigenvalue weighted by molar-refractivity contribution is 5.89. The Kier molecular flexibility index (Phi) is 5.52. The zero-order chi connectivity index (χ0) is 21.3. The molecule has 158 valence electrons. The van der Waals surface area contributed by atoms with E-state index in [1.165, 1.54) is 4.90 Å². The molecule has 2 saturated heterocycles. The van der Waals surface area contributed by atoms with E-state index >= 15 is 0 Å². The molecule has 2 aliphatic heterocycles. The van der Waals surface area contributed by atoms with Crippen molar-refractivity contribution in [3.63, 3.8) is 0 Å². The van der Waals surface area contributed by atoms with Gasteiger partial charge in [-0.2, -0.15) is 0 Å². The summed E-state index contributed by atoms with van der Waals surface area (Å²) in [5, 5.41) is 2.28. The van der Waals surface area contributed by atoms with E-state index in [4.69, 9.17) is 4.74 Å². The lowest BCUT2D eigenvalue weighted by Crippen LogP contribution is -2.48. The maximum atomic E-state index is 13.8. The molecule has 3 amide bonds.